The van der Waals surface area contributed by atoms with E-state index < -0.39 is 0 Å². The minimum absolute atomic E-state index is 0.231. The predicted octanol–water partition coefficient (Wildman–Crippen LogP) is 3.37. The average molecular weight is 341 g/mol. The molecule has 2 aromatic carbocycles. The molecule has 1 amide bonds. The fourth-order valence-corrected chi connectivity index (χ4v) is 3.44. The topological polar surface area (TPSA) is 36.0 Å². The van der Waals surface area contributed by atoms with Gasteiger partial charge in [-0.05, 0) is 42.9 Å². The number of likely N-dealkylation sites (N-methyl/N-ethyl adjacent to an activating group) is 1. The highest BCUT2D eigenvalue weighted by molar-refractivity contribution is 5.90. The highest BCUT2D eigenvalue weighted by atomic mass is 19.1. The van der Waals surface area contributed by atoms with Crippen LogP contribution >= 0.6 is 0 Å². The second kappa shape index (κ2) is 6.37. The van der Waals surface area contributed by atoms with Crippen molar-refractivity contribution in [2.24, 2.45) is 0 Å². The SMILES string of the molecule is CN1CCN(c2ccccc2F)c2ccc(N3CCOC3=O)cc2C1. The largest absolute Gasteiger partial charge is 0.447 e. The van der Waals surface area contributed by atoms with Crippen LogP contribution in [0.4, 0.5) is 26.2 Å². The van der Waals surface area contributed by atoms with Crippen molar-refractivity contribution in [3.63, 3.8) is 0 Å². The first-order chi connectivity index (χ1) is 12.1. The molecule has 1 saturated heterocycles. The Hall–Kier alpha value is -2.60. The number of hydrogen-bond acceptors (Lipinski definition) is 4. The zero-order valence-corrected chi connectivity index (χ0v) is 14.1. The van der Waals surface area contributed by atoms with Crippen LogP contribution in [0.5, 0.6) is 0 Å². The van der Waals surface area contributed by atoms with Crippen molar-refractivity contribution >= 4 is 23.2 Å². The maximum atomic E-state index is 14.3. The number of hydrogen-bond donors (Lipinski definition) is 0. The number of cyclic esters (lactones) is 1. The Morgan fingerprint density at radius 3 is 2.60 bits per heavy atom. The van der Waals surface area contributed by atoms with Gasteiger partial charge in [-0.2, -0.15) is 0 Å². The summed E-state index contributed by atoms with van der Waals surface area (Å²) in [7, 11) is 2.05. The van der Waals surface area contributed by atoms with Crippen molar-refractivity contribution in [2.75, 3.05) is 43.1 Å². The summed E-state index contributed by atoms with van der Waals surface area (Å²) in [5, 5.41) is 0. The summed E-state index contributed by atoms with van der Waals surface area (Å²) >= 11 is 0. The zero-order chi connectivity index (χ0) is 17.4. The molecule has 2 aliphatic heterocycles. The summed E-state index contributed by atoms with van der Waals surface area (Å²) in [4.78, 5) is 17.7. The van der Waals surface area contributed by atoms with Gasteiger partial charge in [0.05, 0.1) is 12.2 Å². The highest BCUT2D eigenvalue weighted by Gasteiger charge is 2.26. The van der Waals surface area contributed by atoms with Crippen molar-refractivity contribution in [1.29, 1.82) is 0 Å². The summed E-state index contributed by atoms with van der Waals surface area (Å²) in [6.07, 6.45) is -0.312. The Balaban J connectivity index is 1.77. The molecule has 0 bridgehead atoms. The van der Waals surface area contributed by atoms with Crippen LogP contribution in [-0.4, -0.2) is 44.3 Å². The summed E-state index contributed by atoms with van der Waals surface area (Å²) in [6.45, 7) is 3.25. The molecule has 1 fully saturated rings. The van der Waals surface area contributed by atoms with Gasteiger partial charge in [0, 0.05) is 31.0 Å². The first kappa shape index (κ1) is 15.9. The number of anilines is 3. The van der Waals surface area contributed by atoms with Gasteiger partial charge in [-0.25, -0.2) is 9.18 Å². The van der Waals surface area contributed by atoms with Crippen molar-refractivity contribution in [2.45, 2.75) is 6.54 Å². The lowest BCUT2D eigenvalue weighted by Gasteiger charge is -2.26. The van der Waals surface area contributed by atoms with Crippen molar-refractivity contribution < 1.29 is 13.9 Å². The van der Waals surface area contributed by atoms with E-state index in [4.69, 9.17) is 4.74 Å². The number of fused-ring (bicyclic) bond motifs is 1. The number of nitrogens with zero attached hydrogens (tertiary/aromatic N) is 3. The van der Waals surface area contributed by atoms with Gasteiger partial charge in [-0.1, -0.05) is 12.1 Å². The van der Waals surface area contributed by atoms with E-state index in [2.05, 4.69) is 4.90 Å². The molecule has 0 aromatic heterocycles. The molecule has 4 rings (SSSR count). The molecule has 5 nitrogen and oxygen atoms in total. The number of halogens is 1. The molecule has 6 heteroatoms. The molecule has 130 valence electrons. The lowest BCUT2D eigenvalue weighted by molar-refractivity contribution is 0.181. The molecule has 2 heterocycles. The smallest absolute Gasteiger partial charge is 0.414 e. The van der Waals surface area contributed by atoms with E-state index in [0.717, 1.165) is 30.0 Å². The maximum absolute atomic E-state index is 14.3. The monoisotopic (exact) mass is 341 g/mol. The van der Waals surface area contributed by atoms with E-state index in [1.807, 2.05) is 36.2 Å². The molecule has 0 unspecified atom stereocenters. The third-order valence-electron chi connectivity index (χ3n) is 4.72. The fraction of sp³-hybridized carbons (Fsp3) is 0.316. The molecule has 0 N–H and O–H groups in total. The van der Waals surface area contributed by atoms with E-state index in [-0.39, 0.29) is 11.9 Å². The van der Waals surface area contributed by atoms with Gasteiger partial charge in [-0.15, -0.1) is 0 Å². The van der Waals surface area contributed by atoms with Gasteiger partial charge in [0.2, 0.25) is 0 Å². The van der Waals surface area contributed by atoms with Crippen LogP contribution in [0.1, 0.15) is 5.56 Å². The molecule has 0 saturated carbocycles. The maximum Gasteiger partial charge on any atom is 0.414 e. The van der Waals surface area contributed by atoms with E-state index in [1.165, 1.54) is 6.07 Å². The van der Waals surface area contributed by atoms with Crippen molar-refractivity contribution in [1.82, 2.24) is 4.90 Å². The normalized spacial score (nSPS) is 18.1. The van der Waals surface area contributed by atoms with Crippen LogP contribution in [0.2, 0.25) is 0 Å². The van der Waals surface area contributed by atoms with Crippen LogP contribution in [0.25, 0.3) is 0 Å². The van der Waals surface area contributed by atoms with Crippen LogP contribution in [-0.2, 0) is 11.3 Å². The first-order valence-electron chi connectivity index (χ1n) is 8.41. The highest BCUT2D eigenvalue weighted by Crippen LogP contribution is 2.35. The number of carbonyl (C=O) groups excluding carboxylic acids is 1. The number of ether oxygens (including phenoxy) is 1. The summed E-state index contributed by atoms with van der Waals surface area (Å²) in [5.74, 6) is -0.231. The lowest BCUT2D eigenvalue weighted by atomic mass is 10.1. The van der Waals surface area contributed by atoms with Crippen LogP contribution in [0.15, 0.2) is 42.5 Å². The Bertz CT molecular complexity index is 811. The number of carbonyl (C=O) groups is 1. The minimum atomic E-state index is -0.312. The molecule has 25 heavy (non-hydrogen) atoms. The van der Waals surface area contributed by atoms with E-state index in [9.17, 15) is 9.18 Å². The molecular formula is C19H20FN3O2. The van der Waals surface area contributed by atoms with Crippen molar-refractivity contribution in [3.8, 4) is 0 Å². The molecule has 0 radical (unpaired) electrons. The number of rotatable bonds is 2. The van der Waals surface area contributed by atoms with Crippen LogP contribution in [0.3, 0.4) is 0 Å². The minimum Gasteiger partial charge on any atom is -0.447 e. The predicted molar refractivity (Wildman–Crippen MR) is 94.9 cm³/mol. The first-order valence-corrected chi connectivity index (χ1v) is 8.41. The number of benzene rings is 2. The molecule has 0 atom stereocenters. The van der Waals surface area contributed by atoms with Crippen LogP contribution < -0.4 is 9.80 Å². The van der Waals surface area contributed by atoms with Gasteiger partial charge in [0.1, 0.15) is 12.4 Å². The van der Waals surface area contributed by atoms with Gasteiger partial charge < -0.3 is 14.5 Å². The third-order valence-corrected chi connectivity index (χ3v) is 4.72. The molecule has 0 spiro atoms. The molecular weight excluding hydrogens is 321 g/mol. The summed E-state index contributed by atoms with van der Waals surface area (Å²) < 4.78 is 19.4. The standard InChI is InChI=1S/C19H20FN3O2/c1-21-8-9-23(18-5-3-2-4-16(18)20)17-7-6-15(12-14(17)13-21)22-10-11-25-19(22)24/h2-7,12H,8-11,13H2,1H3. The number of amides is 1. The third kappa shape index (κ3) is 2.93. The lowest BCUT2D eigenvalue weighted by Crippen LogP contribution is -2.26. The van der Waals surface area contributed by atoms with E-state index >= 15 is 0 Å². The Morgan fingerprint density at radius 2 is 1.84 bits per heavy atom. The molecule has 2 aromatic rings. The van der Waals surface area contributed by atoms with Crippen LogP contribution in [0, 0.1) is 5.82 Å². The Kier molecular flexibility index (Phi) is 4.05. The van der Waals surface area contributed by atoms with Gasteiger partial charge >= 0.3 is 6.09 Å². The van der Waals surface area contributed by atoms with Gasteiger partial charge in [-0.3, -0.25) is 4.90 Å². The summed E-state index contributed by atoms with van der Waals surface area (Å²) in [6, 6.07) is 12.7. The zero-order valence-electron chi connectivity index (χ0n) is 14.1. The second-order valence-corrected chi connectivity index (χ2v) is 6.42. The second-order valence-electron chi connectivity index (χ2n) is 6.42. The number of para-hydroxylation sites is 1. The van der Waals surface area contributed by atoms with E-state index in [1.54, 1.807) is 17.0 Å². The van der Waals surface area contributed by atoms with E-state index in [0.29, 0.717) is 25.4 Å². The Labute approximate surface area is 146 Å². The van der Waals surface area contributed by atoms with Crippen molar-refractivity contribution in [3.05, 3.63) is 53.8 Å². The summed E-state index contributed by atoms with van der Waals surface area (Å²) in [5.41, 5.74) is 3.45. The van der Waals surface area contributed by atoms with Gasteiger partial charge in [0.25, 0.3) is 0 Å². The molecule has 0 aliphatic carbocycles. The molecule has 2 aliphatic rings. The van der Waals surface area contributed by atoms with Gasteiger partial charge in [0.15, 0.2) is 0 Å². The Morgan fingerprint density at radius 1 is 1.00 bits per heavy atom. The fourth-order valence-electron chi connectivity index (χ4n) is 3.44. The quantitative estimate of drug-likeness (QED) is 0.839. The average Bonchev–Trinajstić information content (AvgIpc) is 2.95.